The molecule has 1 fully saturated rings. The van der Waals surface area contributed by atoms with Gasteiger partial charge in [0.05, 0.1) is 5.75 Å². The number of piperidine rings is 1. The van der Waals surface area contributed by atoms with Crippen LogP contribution in [-0.4, -0.2) is 36.0 Å². The molecule has 0 aliphatic carbocycles. The summed E-state index contributed by atoms with van der Waals surface area (Å²) in [5, 5.41) is 6.49. The average Bonchev–Trinajstić information content (AvgIpc) is 2.18. The number of carbonyl (C=O) groups excluding carboxylic acids is 1. The van der Waals surface area contributed by atoms with E-state index in [-0.39, 0.29) is 18.3 Å². The van der Waals surface area contributed by atoms with Gasteiger partial charge in [-0.15, -0.1) is 12.4 Å². The van der Waals surface area contributed by atoms with Crippen LogP contribution in [0.2, 0.25) is 0 Å². The first-order valence-corrected chi connectivity index (χ1v) is 6.98. The molecule has 0 aromatic carbocycles. The van der Waals surface area contributed by atoms with Crippen molar-refractivity contribution in [1.82, 2.24) is 10.6 Å². The summed E-state index contributed by atoms with van der Waals surface area (Å²) in [6.45, 7) is 5.33. The van der Waals surface area contributed by atoms with E-state index in [0.717, 1.165) is 31.6 Å². The first-order valence-electron chi connectivity index (χ1n) is 5.83. The van der Waals surface area contributed by atoms with Crippen molar-refractivity contribution < 1.29 is 4.79 Å². The summed E-state index contributed by atoms with van der Waals surface area (Å²) in [6.07, 6.45) is 3.26. The van der Waals surface area contributed by atoms with E-state index in [1.54, 1.807) is 11.8 Å². The number of hydrogen-bond donors (Lipinski definition) is 2. The second-order valence-electron chi connectivity index (χ2n) is 4.20. The summed E-state index contributed by atoms with van der Waals surface area (Å²) in [4.78, 5) is 11.5. The van der Waals surface area contributed by atoms with E-state index < -0.39 is 0 Å². The van der Waals surface area contributed by atoms with Crippen molar-refractivity contribution in [2.24, 2.45) is 0 Å². The fourth-order valence-electron chi connectivity index (χ4n) is 1.84. The fourth-order valence-corrected chi connectivity index (χ4v) is 2.54. The van der Waals surface area contributed by atoms with Gasteiger partial charge >= 0.3 is 0 Å². The molecule has 1 rings (SSSR count). The van der Waals surface area contributed by atoms with Crippen LogP contribution < -0.4 is 10.6 Å². The van der Waals surface area contributed by atoms with Crippen molar-refractivity contribution in [1.29, 1.82) is 0 Å². The lowest BCUT2D eigenvalue weighted by atomic mass is 10.0. The molecular weight excluding hydrogens is 244 g/mol. The van der Waals surface area contributed by atoms with Gasteiger partial charge in [0.15, 0.2) is 0 Å². The van der Waals surface area contributed by atoms with Gasteiger partial charge in [-0.05, 0) is 38.5 Å². The third-order valence-electron chi connectivity index (χ3n) is 2.57. The molecule has 0 spiro atoms. The normalized spacial score (nSPS) is 24.6. The molecule has 0 aromatic rings. The molecule has 1 saturated heterocycles. The summed E-state index contributed by atoms with van der Waals surface area (Å²) in [7, 11) is 0. The molecule has 1 heterocycles. The Morgan fingerprint density at radius 1 is 1.56 bits per heavy atom. The van der Waals surface area contributed by atoms with Crippen molar-refractivity contribution in [3.8, 4) is 0 Å². The first kappa shape index (κ1) is 16.1. The number of amides is 1. The third-order valence-corrected chi connectivity index (χ3v) is 3.73. The summed E-state index contributed by atoms with van der Waals surface area (Å²) in [6, 6.07) is 0.920. The number of nitrogens with one attached hydrogen (secondary N) is 2. The molecule has 1 aliphatic heterocycles. The minimum Gasteiger partial charge on any atom is -0.353 e. The molecule has 2 atom stereocenters. The quantitative estimate of drug-likeness (QED) is 0.746. The zero-order valence-corrected chi connectivity index (χ0v) is 11.8. The van der Waals surface area contributed by atoms with Crippen LogP contribution in [0.1, 0.15) is 33.1 Å². The summed E-state index contributed by atoms with van der Waals surface area (Å²) >= 11 is 1.72. The molecule has 96 valence electrons. The Morgan fingerprint density at radius 3 is 2.94 bits per heavy atom. The number of carbonyl (C=O) groups is 1. The Bertz CT molecular complexity index is 204. The number of hydrogen-bond acceptors (Lipinski definition) is 3. The Kier molecular flexibility index (Phi) is 9.18. The fraction of sp³-hybridized carbons (Fsp3) is 0.909. The topological polar surface area (TPSA) is 41.1 Å². The van der Waals surface area contributed by atoms with Gasteiger partial charge in [-0.3, -0.25) is 4.79 Å². The van der Waals surface area contributed by atoms with Crippen LogP contribution >= 0.6 is 24.2 Å². The molecule has 5 heteroatoms. The van der Waals surface area contributed by atoms with E-state index in [4.69, 9.17) is 0 Å². The van der Waals surface area contributed by atoms with Gasteiger partial charge < -0.3 is 10.6 Å². The van der Waals surface area contributed by atoms with Crippen LogP contribution in [0, 0.1) is 0 Å². The second-order valence-corrected chi connectivity index (χ2v) is 5.30. The first-order chi connectivity index (χ1) is 7.22. The van der Waals surface area contributed by atoms with Crippen LogP contribution in [0.15, 0.2) is 0 Å². The molecule has 2 unspecified atom stereocenters. The van der Waals surface area contributed by atoms with Crippen LogP contribution in [0.5, 0.6) is 0 Å². The lowest BCUT2D eigenvalue weighted by molar-refractivity contribution is -0.119. The highest BCUT2D eigenvalue weighted by Crippen LogP contribution is 2.08. The third kappa shape index (κ3) is 6.61. The van der Waals surface area contributed by atoms with E-state index in [2.05, 4.69) is 24.5 Å². The van der Waals surface area contributed by atoms with Crippen LogP contribution in [-0.2, 0) is 4.79 Å². The highest BCUT2D eigenvalue weighted by Gasteiger charge is 2.19. The van der Waals surface area contributed by atoms with E-state index >= 15 is 0 Å². The maximum Gasteiger partial charge on any atom is 0.230 e. The molecule has 1 aliphatic rings. The molecule has 0 aromatic heterocycles. The summed E-state index contributed by atoms with van der Waals surface area (Å²) in [5.41, 5.74) is 0. The van der Waals surface area contributed by atoms with Crippen molar-refractivity contribution in [2.75, 3.05) is 18.1 Å². The van der Waals surface area contributed by atoms with Gasteiger partial charge in [-0.2, -0.15) is 11.8 Å². The van der Waals surface area contributed by atoms with Crippen LogP contribution in [0.25, 0.3) is 0 Å². The lowest BCUT2D eigenvalue weighted by Gasteiger charge is -2.28. The average molecular weight is 267 g/mol. The predicted molar refractivity (Wildman–Crippen MR) is 73.5 cm³/mol. The monoisotopic (exact) mass is 266 g/mol. The molecule has 16 heavy (non-hydrogen) atoms. The number of thioether (sulfide) groups is 1. The van der Waals surface area contributed by atoms with E-state index in [0.29, 0.717) is 17.8 Å². The molecule has 3 nitrogen and oxygen atoms in total. The van der Waals surface area contributed by atoms with Gasteiger partial charge in [0, 0.05) is 12.1 Å². The van der Waals surface area contributed by atoms with Crippen LogP contribution in [0.4, 0.5) is 0 Å². The Morgan fingerprint density at radius 2 is 2.31 bits per heavy atom. The van der Waals surface area contributed by atoms with E-state index in [9.17, 15) is 4.79 Å². The number of rotatable bonds is 5. The summed E-state index contributed by atoms with van der Waals surface area (Å²) < 4.78 is 0. The molecular formula is C11H23ClN2OS. The Hall–Kier alpha value is 0.0700. The van der Waals surface area contributed by atoms with Gasteiger partial charge in [0.25, 0.3) is 0 Å². The molecule has 0 radical (unpaired) electrons. The molecule has 0 bridgehead atoms. The minimum atomic E-state index is 0. The van der Waals surface area contributed by atoms with Crippen molar-refractivity contribution in [2.45, 2.75) is 45.2 Å². The maximum atomic E-state index is 11.5. The smallest absolute Gasteiger partial charge is 0.230 e. The molecule has 1 amide bonds. The lowest BCUT2D eigenvalue weighted by Crippen LogP contribution is -2.47. The van der Waals surface area contributed by atoms with Gasteiger partial charge in [0.1, 0.15) is 0 Å². The number of halogens is 1. The SMILES string of the molecule is CCCSCC(=O)NC1CCNC(C)C1.Cl. The second kappa shape index (κ2) is 9.14. The molecule has 2 N–H and O–H groups in total. The van der Waals surface area contributed by atoms with E-state index in [1.165, 1.54) is 0 Å². The Labute approximate surface area is 109 Å². The van der Waals surface area contributed by atoms with Gasteiger partial charge in [-0.25, -0.2) is 0 Å². The van der Waals surface area contributed by atoms with Gasteiger partial charge in [0.2, 0.25) is 5.91 Å². The van der Waals surface area contributed by atoms with Crippen molar-refractivity contribution >= 4 is 30.1 Å². The van der Waals surface area contributed by atoms with Crippen LogP contribution in [0.3, 0.4) is 0 Å². The zero-order chi connectivity index (χ0) is 11.1. The highest BCUT2D eigenvalue weighted by molar-refractivity contribution is 7.99. The zero-order valence-electron chi connectivity index (χ0n) is 10.1. The maximum absolute atomic E-state index is 11.5. The summed E-state index contributed by atoms with van der Waals surface area (Å²) in [5.74, 6) is 1.90. The van der Waals surface area contributed by atoms with Crippen molar-refractivity contribution in [3.63, 3.8) is 0 Å². The minimum absolute atomic E-state index is 0. The standard InChI is InChI=1S/C11H22N2OS.ClH/c1-3-6-15-8-11(14)13-10-4-5-12-9(2)7-10;/h9-10,12H,3-8H2,1-2H3,(H,13,14);1H. The van der Waals surface area contributed by atoms with E-state index in [1.807, 2.05) is 0 Å². The largest absolute Gasteiger partial charge is 0.353 e. The molecule has 0 saturated carbocycles. The Balaban J connectivity index is 0.00000225. The van der Waals surface area contributed by atoms with Gasteiger partial charge in [-0.1, -0.05) is 6.92 Å². The predicted octanol–water partition coefficient (Wildman–Crippen LogP) is 1.81. The highest BCUT2D eigenvalue weighted by atomic mass is 35.5. The van der Waals surface area contributed by atoms with Crippen molar-refractivity contribution in [3.05, 3.63) is 0 Å².